The topological polar surface area (TPSA) is 24.5 Å². The molecule has 3 heteroatoms. The van der Waals surface area contributed by atoms with E-state index >= 15 is 0 Å². The van der Waals surface area contributed by atoms with Crippen LogP contribution in [-0.2, 0) is 11.2 Å². The molecule has 20 heavy (non-hydrogen) atoms. The molecule has 1 aromatic carbocycles. The standard InChI is InChI=1S/C17H24N2O/c1-18-17-15-5-3-2-4-12(15)6-9-16(17)19-10-13-7-8-14(11-19)20-13/h2-5,13-14,16-18H,6-11H2,1H3. The van der Waals surface area contributed by atoms with Crippen LogP contribution in [0.1, 0.15) is 36.4 Å². The van der Waals surface area contributed by atoms with E-state index in [2.05, 4.69) is 41.5 Å². The monoisotopic (exact) mass is 272 g/mol. The SMILES string of the molecule is CNC1c2ccccc2CCC1N1CC2CCC(C1)O2. The summed E-state index contributed by atoms with van der Waals surface area (Å²) in [6, 6.07) is 10.0. The van der Waals surface area contributed by atoms with Crippen molar-refractivity contribution in [2.24, 2.45) is 0 Å². The second kappa shape index (κ2) is 5.14. The largest absolute Gasteiger partial charge is 0.372 e. The van der Waals surface area contributed by atoms with E-state index in [1.54, 1.807) is 0 Å². The summed E-state index contributed by atoms with van der Waals surface area (Å²) in [7, 11) is 2.11. The van der Waals surface area contributed by atoms with Gasteiger partial charge < -0.3 is 10.1 Å². The Balaban J connectivity index is 1.59. The van der Waals surface area contributed by atoms with Crippen LogP contribution in [0.3, 0.4) is 0 Å². The number of benzene rings is 1. The van der Waals surface area contributed by atoms with Crippen LogP contribution in [0.15, 0.2) is 24.3 Å². The van der Waals surface area contributed by atoms with Crippen molar-refractivity contribution in [3.63, 3.8) is 0 Å². The summed E-state index contributed by atoms with van der Waals surface area (Å²) in [4.78, 5) is 2.70. The number of likely N-dealkylation sites (tertiary alicyclic amines) is 1. The third-order valence-electron chi connectivity index (χ3n) is 5.34. The molecule has 0 spiro atoms. The van der Waals surface area contributed by atoms with Gasteiger partial charge in [-0.3, -0.25) is 4.90 Å². The second-order valence-corrected chi connectivity index (χ2v) is 6.48. The zero-order chi connectivity index (χ0) is 13.5. The van der Waals surface area contributed by atoms with Gasteiger partial charge in [0.2, 0.25) is 0 Å². The van der Waals surface area contributed by atoms with Gasteiger partial charge in [0.25, 0.3) is 0 Å². The molecule has 1 aliphatic carbocycles. The molecule has 0 radical (unpaired) electrons. The van der Waals surface area contributed by atoms with Gasteiger partial charge >= 0.3 is 0 Å². The summed E-state index contributed by atoms with van der Waals surface area (Å²) in [5.41, 5.74) is 3.03. The van der Waals surface area contributed by atoms with Crippen molar-refractivity contribution < 1.29 is 4.74 Å². The lowest BCUT2D eigenvalue weighted by Crippen LogP contribution is -2.53. The average Bonchev–Trinajstić information content (AvgIpc) is 2.84. The predicted octanol–water partition coefficient (Wildman–Crippen LogP) is 2.13. The molecule has 2 heterocycles. The molecular weight excluding hydrogens is 248 g/mol. The summed E-state index contributed by atoms with van der Waals surface area (Å²) >= 11 is 0. The van der Waals surface area contributed by atoms with Gasteiger partial charge in [-0.15, -0.1) is 0 Å². The molecule has 2 bridgehead atoms. The minimum absolute atomic E-state index is 0.470. The number of likely N-dealkylation sites (N-methyl/N-ethyl adjacent to an activating group) is 1. The van der Waals surface area contributed by atoms with Gasteiger partial charge in [-0.1, -0.05) is 24.3 Å². The lowest BCUT2D eigenvalue weighted by Gasteiger charge is -2.44. The van der Waals surface area contributed by atoms with Crippen LogP contribution in [0.4, 0.5) is 0 Å². The molecule has 0 aromatic heterocycles. The van der Waals surface area contributed by atoms with Gasteiger partial charge in [0.15, 0.2) is 0 Å². The normalized spacial score (nSPS) is 36.9. The van der Waals surface area contributed by atoms with Crippen molar-refractivity contribution in [1.29, 1.82) is 0 Å². The Bertz CT molecular complexity index is 478. The summed E-state index contributed by atoms with van der Waals surface area (Å²) < 4.78 is 5.99. The zero-order valence-electron chi connectivity index (χ0n) is 12.2. The molecule has 3 aliphatic rings. The van der Waals surface area contributed by atoms with Crippen molar-refractivity contribution in [3.05, 3.63) is 35.4 Å². The molecule has 2 fully saturated rings. The fourth-order valence-corrected chi connectivity index (χ4v) is 4.40. The molecule has 1 N–H and O–H groups in total. The van der Waals surface area contributed by atoms with Crippen LogP contribution in [0.25, 0.3) is 0 Å². The van der Waals surface area contributed by atoms with E-state index in [1.165, 1.54) is 36.8 Å². The third-order valence-corrected chi connectivity index (χ3v) is 5.34. The Morgan fingerprint density at radius 1 is 1.10 bits per heavy atom. The molecule has 2 saturated heterocycles. The number of morpholine rings is 1. The summed E-state index contributed by atoms with van der Waals surface area (Å²) in [5, 5.41) is 3.58. The maximum Gasteiger partial charge on any atom is 0.0707 e. The minimum Gasteiger partial charge on any atom is -0.372 e. The van der Waals surface area contributed by atoms with E-state index in [9.17, 15) is 0 Å². The van der Waals surface area contributed by atoms with Gasteiger partial charge in [-0.25, -0.2) is 0 Å². The van der Waals surface area contributed by atoms with Gasteiger partial charge in [-0.05, 0) is 43.9 Å². The van der Waals surface area contributed by atoms with Gasteiger partial charge in [0, 0.05) is 25.2 Å². The smallest absolute Gasteiger partial charge is 0.0707 e. The number of hydrogen-bond acceptors (Lipinski definition) is 3. The van der Waals surface area contributed by atoms with E-state index in [0.717, 1.165) is 13.1 Å². The quantitative estimate of drug-likeness (QED) is 0.892. The molecule has 4 unspecified atom stereocenters. The number of hydrogen-bond donors (Lipinski definition) is 1. The highest BCUT2D eigenvalue weighted by Crippen LogP contribution is 2.36. The fraction of sp³-hybridized carbons (Fsp3) is 0.647. The number of rotatable bonds is 2. The van der Waals surface area contributed by atoms with Crippen LogP contribution in [0, 0.1) is 0 Å². The molecule has 0 saturated carbocycles. The van der Waals surface area contributed by atoms with E-state index in [-0.39, 0.29) is 0 Å². The lowest BCUT2D eigenvalue weighted by molar-refractivity contribution is -0.0597. The van der Waals surface area contributed by atoms with E-state index in [0.29, 0.717) is 24.3 Å². The van der Waals surface area contributed by atoms with Crippen molar-refractivity contribution in [2.75, 3.05) is 20.1 Å². The molecule has 4 atom stereocenters. The van der Waals surface area contributed by atoms with Crippen molar-refractivity contribution in [3.8, 4) is 0 Å². The highest BCUT2D eigenvalue weighted by atomic mass is 16.5. The first kappa shape index (κ1) is 12.8. The maximum absolute atomic E-state index is 5.99. The van der Waals surface area contributed by atoms with E-state index < -0.39 is 0 Å². The molecule has 2 aliphatic heterocycles. The Morgan fingerprint density at radius 2 is 1.85 bits per heavy atom. The fourth-order valence-electron chi connectivity index (χ4n) is 4.40. The van der Waals surface area contributed by atoms with Crippen LogP contribution in [0.2, 0.25) is 0 Å². The van der Waals surface area contributed by atoms with E-state index in [1.807, 2.05) is 0 Å². The Morgan fingerprint density at radius 3 is 2.60 bits per heavy atom. The van der Waals surface area contributed by atoms with Crippen molar-refractivity contribution in [2.45, 2.75) is 50.0 Å². The van der Waals surface area contributed by atoms with E-state index in [4.69, 9.17) is 4.74 Å². The number of nitrogens with zero attached hydrogens (tertiary/aromatic N) is 1. The number of nitrogens with one attached hydrogen (secondary N) is 1. The molecule has 3 nitrogen and oxygen atoms in total. The van der Waals surface area contributed by atoms with Crippen LogP contribution in [-0.4, -0.2) is 43.3 Å². The van der Waals surface area contributed by atoms with Crippen LogP contribution in [0.5, 0.6) is 0 Å². The lowest BCUT2D eigenvalue weighted by atomic mass is 9.83. The Kier molecular flexibility index (Phi) is 3.29. The second-order valence-electron chi connectivity index (χ2n) is 6.48. The maximum atomic E-state index is 5.99. The average molecular weight is 272 g/mol. The Hall–Kier alpha value is -0.900. The van der Waals surface area contributed by atoms with Crippen molar-refractivity contribution >= 4 is 0 Å². The molecular formula is C17H24N2O. The highest BCUT2D eigenvalue weighted by molar-refractivity contribution is 5.34. The van der Waals surface area contributed by atoms with Crippen molar-refractivity contribution in [1.82, 2.24) is 10.2 Å². The first-order valence-electron chi connectivity index (χ1n) is 7.99. The molecule has 0 amide bonds. The van der Waals surface area contributed by atoms with Crippen LogP contribution < -0.4 is 5.32 Å². The first-order chi connectivity index (χ1) is 9.85. The number of fused-ring (bicyclic) bond motifs is 3. The zero-order valence-corrected chi connectivity index (χ0v) is 12.2. The third kappa shape index (κ3) is 2.09. The summed E-state index contributed by atoms with van der Waals surface area (Å²) in [5.74, 6) is 0. The minimum atomic E-state index is 0.470. The van der Waals surface area contributed by atoms with Gasteiger partial charge in [0.05, 0.1) is 12.2 Å². The Labute approximate surface area is 121 Å². The first-order valence-corrected chi connectivity index (χ1v) is 7.99. The summed E-state index contributed by atoms with van der Waals surface area (Å²) in [6.45, 7) is 2.25. The molecule has 1 aromatic rings. The highest BCUT2D eigenvalue weighted by Gasteiger charge is 2.40. The predicted molar refractivity (Wildman–Crippen MR) is 79.8 cm³/mol. The van der Waals surface area contributed by atoms with Gasteiger partial charge in [0.1, 0.15) is 0 Å². The van der Waals surface area contributed by atoms with Gasteiger partial charge in [-0.2, -0.15) is 0 Å². The number of aryl methyl sites for hydroxylation is 1. The molecule has 4 rings (SSSR count). The van der Waals surface area contributed by atoms with Crippen LogP contribution >= 0.6 is 0 Å². The molecule has 108 valence electrons. The summed E-state index contributed by atoms with van der Waals surface area (Å²) in [6.07, 6.45) is 5.98. The number of ether oxygens (including phenoxy) is 1.